The minimum absolute atomic E-state index is 0.235. The number of hydrogen-bond donors (Lipinski definition) is 1. The zero-order valence-electron chi connectivity index (χ0n) is 6.08. The molecule has 0 rings (SSSR count). The first kappa shape index (κ1) is 9.07. The summed E-state index contributed by atoms with van der Waals surface area (Å²) in [6.45, 7) is 0.643. The molecule has 0 aliphatic heterocycles. The van der Waals surface area contributed by atoms with Gasteiger partial charge in [0.15, 0.2) is 0 Å². The highest BCUT2D eigenvalue weighted by molar-refractivity contribution is 5.66. The van der Waals surface area contributed by atoms with Gasteiger partial charge in [-0.05, 0) is 12.8 Å². The predicted octanol–water partition coefficient (Wildman–Crippen LogP) is 1.32. The Labute approximate surface area is 60.0 Å². The predicted molar refractivity (Wildman–Crippen MR) is 37.1 cm³/mol. The molecule has 0 radical (unpaired) electrons. The molecule has 0 saturated heterocycles. The van der Waals surface area contributed by atoms with E-state index >= 15 is 0 Å². The highest BCUT2D eigenvalue weighted by atomic mass is 16.4. The normalized spacial score (nSPS) is 10.5. The van der Waals surface area contributed by atoms with Crippen molar-refractivity contribution in [3.05, 3.63) is 0 Å². The number of azo groups is 1. The summed E-state index contributed by atoms with van der Waals surface area (Å²) in [6.07, 6.45) is 1.73. The van der Waals surface area contributed by atoms with Crippen molar-refractivity contribution < 1.29 is 9.90 Å². The molecular formula is C6H12N2O2. The molecule has 0 bridgehead atoms. The van der Waals surface area contributed by atoms with E-state index in [0.29, 0.717) is 13.0 Å². The molecule has 4 nitrogen and oxygen atoms in total. The molecule has 10 heavy (non-hydrogen) atoms. The lowest BCUT2D eigenvalue weighted by Crippen LogP contribution is -1.94. The van der Waals surface area contributed by atoms with E-state index in [2.05, 4.69) is 10.2 Å². The van der Waals surface area contributed by atoms with Crippen molar-refractivity contribution in [1.29, 1.82) is 0 Å². The number of rotatable bonds is 5. The van der Waals surface area contributed by atoms with Gasteiger partial charge in [0.25, 0.3) is 0 Å². The summed E-state index contributed by atoms with van der Waals surface area (Å²) < 4.78 is 0. The molecule has 0 aliphatic carbocycles. The quantitative estimate of drug-likeness (QED) is 0.467. The summed E-state index contributed by atoms with van der Waals surface area (Å²) in [5.41, 5.74) is 0. The van der Waals surface area contributed by atoms with Crippen LogP contribution in [0, 0.1) is 0 Å². The number of carboxylic acids is 1. The van der Waals surface area contributed by atoms with E-state index in [4.69, 9.17) is 5.11 Å². The highest BCUT2D eigenvalue weighted by Crippen LogP contribution is 1.94. The molecule has 0 aromatic carbocycles. The Hall–Kier alpha value is -0.930. The summed E-state index contributed by atoms with van der Waals surface area (Å²) in [6, 6.07) is 0. The Balaban J connectivity index is 2.98. The second-order valence-electron chi connectivity index (χ2n) is 1.92. The van der Waals surface area contributed by atoms with Gasteiger partial charge in [0.1, 0.15) is 0 Å². The first-order valence-corrected chi connectivity index (χ1v) is 3.24. The SMILES string of the molecule is CN=NCCCCC(=O)O. The van der Waals surface area contributed by atoms with Gasteiger partial charge in [-0.3, -0.25) is 4.79 Å². The molecule has 0 aliphatic rings. The van der Waals surface area contributed by atoms with Crippen LogP contribution in [-0.2, 0) is 4.79 Å². The molecule has 0 heterocycles. The van der Waals surface area contributed by atoms with Gasteiger partial charge in [-0.15, -0.1) is 0 Å². The molecule has 0 amide bonds. The molecule has 0 spiro atoms. The third kappa shape index (κ3) is 7.07. The van der Waals surface area contributed by atoms with Crippen molar-refractivity contribution >= 4 is 5.97 Å². The summed E-state index contributed by atoms with van der Waals surface area (Å²) in [4.78, 5) is 9.98. The second-order valence-corrected chi connectivity index (χ2v) is 1.92. The Morgan fingerprint density at radius 3 is 2.70 bits per heavy atom. The molecule has 0 unspecified atom stereocenters. The first-order valence-electron chi connectivity index (χ1n) is 3.24. The van der Waals surface area contributed by atoms with Crippen LogP contribution in [0.2, 0.25) is 0 Å². The third-order valence-electron chi connectivity index (χ3n) is 1.04. The van der Waals surface area contributed by atoms with Crippen LogP contribution < -0.4 is 0 Å². The van der Waals surface area contributed by atoms with Gasteiger partial charge in [-0.2, -0.15) is 10.2 Å². The van der Waals surface area contributed by atoms with Crippen molar-refractivity contribution in [3.8, 4) is 0 Å². The van der Waals surface area contributed by atoms with Crippen molar-refractivity contribution in [1.82, 2.24) is 0 Å². The fourth-order valence-electron chi connectivity index (χ4n) is 0.559. The van der Waals surface area contributed by atoms with Crippen LogP contribution >= 0.6 is 0 Å². The van der Waals surface area contributed by atoms with Gasteiger partial charge >= 0.3 is 5.97 Å². The number of unbranched alkanes of at least 4 members (excludes halogenated alkanes) is 1. The molecule has 0 atom stereocenters. The van der Waals surface area contributed by atoms with Crippen LogP contribution in [0.3, 0.4) is 0 Å². The Bertz CT molecular complexity index is 123. The lowest BCUT2D eigenvalue weighted by molar-refractivity contribution is -0.137. The number of carbonyl (C=O) groups is 1. The Morgan fingerprint density at radius 1 is 1.50 bits per heavy atom. The lowest BCUT2D eigenvalue weighted by Gasteiger charge is -1.90. The Morgan fingerprint density at radius 2 is 2.20 bits per heavy atom. The smallest absolute Gasteiger partial charge is 0.303 e. The van der Waals surface area contributed by atoms with Crippen molar-refractivity contribution in [2.45, 2.75) is 19.3 Å². The van der Waals surface area contributed by atoms with Gasteiger partial charge in [0, 0.05) is 13.5 Å². The maximum Gasteiger partial charge on any atom is 0.303 e. The van der Waals surface area contributed by atoms with Crippen molar-refractivity contribution in [3.63, 3.8) is 0 Å². The van der Waals surface area contributed by atoms with Crippen molar-refractivity contribution in [2.24, 2.45) is 10.2 Å². The van der Waals surface area contributed by atoms with Gasteiger partial charge in [0.05, 0.1) is 6.54 Å². The fourth-order valence-corrected chi connectivity index (χ4v) is 0.559. The molecule has 58 valence electrons. The molecular weight excluding hydrogens is 132 g/mol. The monoisotopic (exact) mass is 144 g/mol. The van der Waals surface area contributed by atoms with Crippen LogP contribution in [-0.4, -0.2) is 24.7 Å². The number of aliphatic carboxylic acids is 1. The number of nitrogens with zero attached hydrogens (tertiary/aromatic N) is 2. The lowest BCUT2D eigenvalue weighted by atomic mass is 10.2. The zero-order chi connectivity index (χ0) is 7.82. The number of carboxylic acid groups (broad SMARTS) is 1. The minimum atomic E-state index is -0.742. The topological polar surface area (TPSA) is 62.0 Å². The summed E-state index contributed by atoms with van der Waals surface area (Å²) in [5.74, 6) is -0.742. The first-order chi connectivity index (χ1) is 4.77. The largest absolute Gasteiger partial charge is 0.481 e. The summed E-state index contributed by atoms with van der Waals surface area (Å²) in [5, 5.41) is 15.4. The second kappa shape index (κ2) is 6.19. The van der Waals surface area contributed by atoms with Gasteiger partial charge in [-0.25, -0.2) is 0 Å². The van der Waals surface area contributed by atoms with Gasteiger partial charge in [0.2, 0.25) is 0 Å². The van der Waals surface area contributed by atoms with Crippen LogP contribution in [0.25, 0.3) is 0 Å². The third-order valence-corrected chi connectivity index (χ3v) is 1.04. The molecule has 0 fully saturated rings. The van der Waals surface area contributed by atoms with E-state index in [1.807, 2.05) is 0 Å². The maximum atomic E-state index is 9.98. The van der Waals surface area contributed by atoms with Gasteiger partial charge < -0.3 is 5.11 Å². The fraction of sp³-hybridized carbons (Fsp3) is 0.833. The zero-order valence-corrected chi connectivity index (χ0v) is 6.08. The molecule has 0 saturated carbocycles. The van der Waals surface area contributed by atoms with E-state index in [0.717, 1.165) is 6.42 Å². The average Bonchev–Trinajstić information content (AvgIpc) is 1.87. The Kier molecular flexibility index (Phi) is 5.62. The van der Waals surface area contributed by atoms with Crippen LogP contribution in [0.5, 0.6) is 0 Å². The molecule has 1 N–H and O–H groups in total. The highest BCUT2D eigenvalue weighted by Gasteiger charge is 1.94. The minimum Gasteiger partial charge on any atom is -0.481 e. The molecule has 4 heteroatoms. The van der Waals surface area contributed by atoms with E-state index in [1.54, 1.807) is 7.05 Å². The van der Waals surface area contributed by atoms with E-state index in [-0.39, 0.29) is 6.42 Å². The molecule has 0 aromatic rings. The maximum absolute atomic E-state index is 9.98. The van der Waals surface area contributed by atoms with E-state index in [1.165, 1.54) is 0 Å². The summed E-state index contributed by atoms with van der Waals surface area (Å²) in [7, 11) is 1.61. The van der Waals surface area contributed by atoms with Gasteiger partial charge in [-0.1, -0.05) is 0 Å². The van der Waals surface area contributed by atoms with Crippen molar-refractivity contribution in [2.75, 3.05) is 13.6 Å². The van der Waals surface area contributed by atoms with E-state index < -0.39 is 5.97 Å². The number of hydrogen-bond acceptors (Lipinski definition) is 3. The standard InChI is InChI=1S/C6H12N2O2/c1-7-8-5-3-2-4-6(9)10/h2-5H2,1H3,(H,9,10). The average molecular weight is 144 g/mol. The van der Waals surface area contributed by atoms with Crippen LogP contribution in [0.1, 0.15) is 19.3 Å². The van der Waals surface area contributed by atoms with Crippen LogP contribution in [0.4, 0.5) is 0 Å². The van der Waals surface area contributed by atoms with Crippen LogP contribution in [0.15, 0.2) is 10.2 Å². The molecule has 0 aromatic heterocycles. The summed E-state index contributed by atoms with van der Waals surface area (Å²) >= 11 is 0. The van der Waals surface area contributed by atoms with E-state index in [9.17, 15) is 4.79 Å².